The van der Waals surface area contributed by atoms with Gasteiger partial charge in [0.1, 0.15) is 12.1 Å². The Morgan fingerprint density at radius 1 is 1.07 bits per heavy atom. The molecule has 0 saturated heterocycles. The summed E-state index contributed by atoms with van der Waals surface area (Å²) in [7, 11) is 0. The molecule has 0 saturated carbocycles. The van der Waals surface area contributed by atoms with Gasteiger partial charge in [-0.1, -0.05) is 17.7 Å². The fraction of sp³-hybridized carbons (Fsp3) is 0.105. The maximum atomic E-state index is 6.18. The average molecular weight is 380 g/mol. The highest BCUT2D eigenvalue weighted by molar-refractivity contribution is 6.31. The predicted octanol–water partition coefficient (Wildman–Crippen LogP) is 3.81. The molecule has 0 fully saturated rings. The zero-order chi connectivity index (χ0) is 18.2. The maximum Gasteiger partial charge on any atom is 0.237 e. The SMILES string of the molecule is Clc1ccc2nc(-n3ccnc3)nc(NCc3ccc4c(c3)OCO4)c2c1. The molecule has 0 spiro atoms. The van der Waals surface area contributed by atoms with Gasteiger partial charge in [-0.05, 0) is 35.9 Å². The highest BCUT2D eigenvalue weighted by Crippen LogP contribution is 2.33. The first kappa shape index (κ1) is 15.9. The number of hydrogen-bond donors (Lipinski definition) is 1. The van der Waals surface area contributed by atoms with Crippen molar-refractivity contribution >= 4 is 28.3 Å². The molecular formula is C19H14ClN5O2. The first-order valence-electron chi connectivity index (χ1n) is 8.34. The molecule has 3 heterocycles. The van der Waals surface area contributed by atoms with E-state index >= 15 is 0 Å². The number of fused-ring (bicyclic) bond motifs is 2. The molecule has 7 nitrogen and oxygen atoms in total. The van der Waals surface area contributed by atoms with Gasteiger partial charge in [-0.2, -0.15) is 4.98 Å². The lowest BCUT2D eigenvalue weighted by Gasteiger charge is -2.12. The molecule has 0 aliphatic carbocycles. The lowest BCUT2D eigenvalue weighted by atomic mass is 10.2. The number of hydrogen-bond acceptors (Lipinski definition) is 6. The van der Waals surface area contributed by atoms with Crippen molar-refractivity contribution in [3.8, 4) is 17.4 Å². The number of nitrogens with one attached hydrogen (secondary N) is 1. The molecule has 8 heteroatoms. The van der Waals surface area contributed by atoms with Crippen LogP contribution in [0.25, 0.3) is 16.9 Å². The Labute approximate surface area is 159 Å². The second kappa shape index (κ2) is 6.44. The zero-order valence-electron chi connectivity index (χ0n) is 14.1. The molecule has 0 amide bonds. The average Bonchev–Trinajstić information content (AvgIpc) is 3.37. The van der Waals surface area contributed by atoms with Crippen LogP contribution < -0.4 is 14.8 Å². The Bertz CT molecular complexity index is 1130. The summed E-state index contributed by atoms with van der Waals surface area (Å²) in [5.41, 5.74) is 1.85. The molecular weight excluding hydrogens is 366 g/mol. The molecule has 2 aromatic heterocycles. The predicted molar refractivity (Wildman–Crippen MR) is 102 cm³/mol. The van der Waals surface area contributed by atoms with Crippen molar-refractivity contribution < 1.29 is 9.47 Å². The van der Waals surface area contributed by atoms with Crippen molar-refractivity contribution in [3.05, 3.63) is 65.7 Å². The Kier molecular flexibility index (Phi) is 3.79. The smallest absolute Gasteiger partial charge is 0.237 e. The monoisotopic (exact) mass is 379 g/mol. The molecule has 1 aliphatic rings. The van der Waals surface area contributed by atoms with Crippen LogP contribution in [-0.4, -0.2) is 26.3 Å². The van der Waals surface area contributed by atoms with E-state index in [-0.39, 0.29) is 6.79 Å². The van der Waals surface area contributed by atoms with Crippen LogP contribution in [0.15, 0.2) is 55.1 Å². The van der Waals surface area contributed by atoms with Gasteiger partial charge < -0.3 is 14.8 Å². The Morgan fingerprint density at radius 2 is 2.00 bits per heavy atom. The number of nitrogens with zero attached hydrogens (tertiary/aromatic N) is 4. The number of imidazole rings is 1. The van der Waals surface area contributed by atoms with Crippen LogP contribution in [-0.2, 0) is 6.54 Å². The van der Waals surface area contributed by atoms with Crippen molar-refractivity contribution in [1.82, 2.24) is 19.5 Å². The second-order valence-corrected chi connectivity index (χ2v) is 6.48. The molecule has 0 atom stereocenters. The molecule has 27 heavy (non-hydrogen) atoms. The third-order valence-corrected chi connectivity index (χ3v) is 4.51. The molecule has 0 unspecified atom stereocenters. The minimum absolute atomic E-state index is 0.259. The lowest BCUT2D eigenvalue weighted by molar-refractivity contribution is 0.174. The lowest BCUT2D eigenvalue weighted by Crippen LogP contribution is -2.07. The molecule has 2 aromatic carbocycles. The summed E-state index contributed by atoms with van der Waals surface area (Å²) in [6, 6.07) is 11.4. The van der Waals surface area contributed by atoms with Crippen LogP contribution in [0.3, 0.4) is 0 Å². The maximum absolute atomic E-state index is 6.18. The number of halogens is 1. The van der Waals surface area contributed by atoms with Gasteiger partial charge in [0.25, 0.3) is 0 Å². The molecule has 4 aromatic rings. The number of benzene rings is 2. The van der Waals surface area contributed by atoms with Gasteiger partial charge in [0.15, 0.2) is 11.5 Å². The third-order valence-electron chi connectivity index (χ3n) is 4.28. The molecule has 134 valence electrons. The van der Waals surface area contributed by atoms with Gasteiger partial charge in [0.2, 0.25) is 12.7 Å². The van der Waals surface area contributed by atoms with E-state index < -0.39 is 0 Å². The van der Waals surface area contributed by atoms with Crippen LogP contribution >= 0.6 is 11.6 Å². The molecule has 5 rings (SSSR count). The molecule has 1 aliphatic heterocycles. The third kappa shape index (κ3) is 3.02. The first-order valence-corrected chi connectivity index (χ1v) is 8.72. The Balaban J connectivity index is 1.51. The van der Waals surface area contributed by atoms with Crippen molar-refractivity contribution in [1.29, 1.82) is 0 Å². The Morgan fingerprint density at radius 3 is 2.89 bits per heavy atom. The summed E-state index contributed by atoms with van der Waals surface area (Å²) in [6.07, 6.45) is 5.16. The van der Waals surface area contributed by atoms with Crippen LogP contribution in [0.5, 0.6) is 11.5 Å². The van der Waals surface area contributed by atoms with E-state index in [4.69, 9.17) is 21.1 Å². The summed E-state index contributed by atoms with van der Waals surface area (Å²) in [4.78, 5) is 13.3. The van der Waals surface area contributed by atoms with E-state index in [0.29, 0.717) is 23.3 Å². The fourth-order valence-corrected chi connectivity index (χ4v) is 3.12. The van der Waals surface area contributed by atoms with E-state index in [2.05, 4.69) is 20.3 Å². The minimum Gasteiger partial charge on any atom is -0.454 e. The van der Waals surface area contributed by atoms with Gasteiger partial charge in [0, 0.05) is 29.3 Å². The summed E-state index contributed by atoms with van der Waals surface area (Å²) < 4.78 is 12.6. The molecule has 0 radical (unpaired) electrons. The van der Waals surface area contributed by atoms with Gasteiger partial charge >= 0.3 is 0 Å². The van der Waals surface area contributed by atoms with Crippen molar-refractivity contribution in [2.45, 2.75) is 6.54 Å². The summed E-state index contributed by atoms with van der Waals surface area (Å²) in [5.74, 6) is 2.75. The van der Waals surface area contributed by atoms with E-state index in [1.165, 1.54) is 0 Å². The standard InChI is InChI=1S/C19H14ClN5O2/c20-13-2-3-15-14(8-13)18(24-19(23-15)25-6-5-21-10-25)22-9-12-1-4-16-17(7-12)27-11-26-16/h1-8,10H,9,11H2,(H,22,23,24). The summed E-state index contributed by atoms with van der Waals surface area (Å²) >= 11 is 6.18. The number of anilines is 1. The fourth-order valence-electron chi connectivity index (χ4n) is 2.95. The van der Waals surface area contributed by atoms with E-state index in [1.807, 2.05) is 36.4 Å². The summed E-state index contributed by atoms with van der Waals surface area (Å²) in [5, 5.41) is 4.87. The van der Waals surface area contributed by atoms with Gasteiger partial charge in [-0.3, -0.25) is 4.57 Å². The highest BCUT2D eigenvalue weighted by atomic mass is 35.5. The summed E-state index contributed by atoms with van der Waals surface area (Å²) in [6.45, 7) is 0.828. The van der Waals surface area contributed by atoms with Gasteiger partial charge in [0.05, 0.1) is 5.52 Å². The van der Waals surface area contributed by atoms with Crippen LogP contribution in [0.4, 0.5) is 5.82 Å². The van der Waals surface area contributed by atoms with Crippen LogP contribution in [0, 0.1) is 0 Å². The number of ether oxygens (including phenoxy) is 2. The topological polar surface area (TPSA) is 74.1 Å². The minimum atomic E-state index is 0.259. The number of aromatic nitrogens is 4. The van der Waals surface area contributed by atoms with Gasteiger partial charge in [-0.25, -0.2) is 9.97 Å². The molecule has 1 N–H and O–H groups in total. The van der Waals surface area contributed by atoms with Crippen molar-refractivity contribution in [2.75, 3.05) is 12.1 Å². The van der Waals surface area contributed by atoms with E-state index in [1.54, 1.807) is 23.3 Å². The van der Waals surface area contributed by atoms with Crippen molar-refractivity contribution in [3.63, 3.8) is 0 Å². The quantitative estimate of drug-likeness (QED) is 0.581. The van der Waals surface area contributed by atoms with E-state index in [0.717, 1.165) is 28.0 Å². The highest BCUT2D eigenvalue weighted by Gasteiger charge is 2.14. The van der Waals surface area contributed by atoms with Crippen LogP contribution in [0.1, 0.15) is 5.56 Å². The second-order valence-electron chi connectivity index (χ2n) is 6.04. The Hall–Kier alpha value is -3.32. The molecule has 0 bridgehead atoms. The zero-order valence-corrected chi connectivity index (χ0v) is 14.8. The van der Waals surface area contributed by atoms with Gasteiger partial charge in [-0.15, -0.1) is 0 Å². The van der Waals surface area contributed by atoms with E-state index in [9.17, 15) is 0 Å². The first-order chi connectivity index (χ1) is 13.3. The van der Waals surface area contributed by atoms with Crippen molar-refractivity contribution in [2.24, 2.45) is 0 Å². The van der Waals surface area contributed by atoms with Crippen LogP contribution in [0.2, 0.25) is 5.02 Å². The normalized spacial score (nSPS) is 12.5. The largest absolute Gasteiger partial charge is 0.454 e. The number of rotatable bonds is 4.